The van der Waals surface area contributed by atoms with Gasteiger partial charge in [-0.1, -0.05) is 31.2 Å². The molecule has 0 spiro atoms. The van der Waals surface area contributed by atoms with Crippen LogP contribution in [0, 0.1) is 5.92 Å². The van der Waals surface area contributed by atoms with E-state index >= 15 is 0 Å². The van der Waals surface area contributed by atoms with Crippen molar-refractivity contribution < 1.29 is 49.7 Å². The molecule has 2 aromatic rings. The Labute approximate surface area is 230 Å². The molecule has 2 aromatic carbocycles. The third-order valence-electron chi connectivity index (χ3n) is 7.24. The Morgan fingerprint density at radius 3 is 2.60 bits per heavy atom. The van der Waals surface area contributed by atoms with Crippen molar-refractivity contribution in [2.75, 3.05) is 23.9 Å². The predicted octanol–water partition coefficient (Wildman–Crippen LogP) is -0.257. The van der Waals surface area contributed by atoms with Crippen LogP contribution < -0.4 is 15.0 Å². The van der Waals surface area contributed by atoms with Gasteiger partial charge in [-0.25, -0.2) is 0 Å². The Morgan fingerprint density at radius 1 is 1.15 bits per heavy atom. The van der Waals surface area contributed by atoms with Gasteiger partial charge in [0.05, 0.1) is 19.3 Å². The fourth-order valence-electron chi connectivity index (χ4n) is 4.95. The number of methoxy groups -OCH3 is 1. The summed E-state index contributed by atoms with van der Waals surface area (Å²) in [5.41, 5.74) is -0.134. The van der Waals surface area contributed by atoms with Gasteiger partial charge in [-0.3, -0.25) is 9.59 Å². The van der Waals surface area contributed by atoms with Crippen LogP contribution in [0.5, 0.6) is 5.75 Å². The Morgan fingerprint density at radius 2 is 1.90 bits per heavy atom. The molecule has 0 radical (unpaired) electrons. The van der Waals surface area contributed by atoms with E-state index in [1.54, 1.807) is 61.5 Å². The molecule has 7 atom stereocenters. The number of nitrogens with one attached hydrogen (secondary N) is 1. The second-order valence-corrected chi connectivity index (χ2v) is 9.88. The first-order valence-electron chi connectivity index (χ1n) is 12.8. The molecular formula is C28H34N2O10. The van der Waals surface area contributed by atoms with E-state index in [4.69, 9.17) is 14.6 Å². The fourth-order valence-corrected chi connectivity index (χ4v) is 4.95. The summed E-state index contributed by atoms with van der Waals surface area (Å²) in [5, 5.41) is 62.8. The molecule has 1 saturated heterocycles. The number of hydrogen-bond acceptors (Lipinski definition) is 10. The zero-order valence-electron chi connectivity index (χ0n) is 22.0. The average Bonchev–Trinajstić information content (AvgIpc) is 3.16. The molecule has 1 fully saturated rings. The van der Waals surface area contributed by atoms with E-state index in [0.29, 0.717) is 29.0 Å². The molecule has 0 aliphatic carbocycles. The zero-order valence-corrected chi connectivity index (χ0v) is 22.0. The van der Waals surface area contributed by atoms with Crippen molar-refractivity contribution in [3.63, 3.8) is 0 Å². The number of rotatable bonds is 9. The lowest BCUT2D eigenvalue weighted by Crippen LogP contribution is -2.60. The summed E-state index contributed by atoms with van der Waals surface area (Å²) in [4.78, 5) is 27.9. The summed E-state index contributed by atoms with van der Waals surface area (Å²) in [6.07, 6.45) is -5.07. The lowest BCUT2D eigenvalue weighted by Gasteiger charge is -2.37. The fraction of sp³-hybridized carbons (Fsp3) is 0.429. The van der Waals surface area contributed by atoms with Gasteiger partial charge in [0.25, 0.3) is 11.8 Å². The van der Waals surface area contributed by atoms with Crippen LogP contribution in [0.15, 0.2) is 54.6 Å². The summed E-state index contributed by atoms with van der Waals surface area (Å²) in [5.74, 6) is -1.56. The monoisotopic (exact) mass is 558 g/mol. The molecule has 0 aromatic heterocycles. The van der Waals surface area contributed by atoms with E-state index in [1.807, 2.05) is 0 Å². The van der Waals surface area contributed by atoms with Crippen LogP contribution in [0.25, 0.3) is 0 Å². The highest BCUT2D eigenvalue weighted by Crippen LogP contribution is 2.47. The van der Waals surface area contributed by atoms with Crippen LogP contribution >= 0.6 is 0 Å². The lowest BCUT2D eigenvalue weighted by molar-refractivity contribution is -0.274. The van der Waals surface area contributed by atoms with Gasteiger partial charge >= 0.3 is 0 Å². The first-order chi connectivity index (χ1) is 19.0. The zero-order chi connectivity index (χ0) is 29.2. The van der Waals surface area contributed by atoms with Gasteiger partial charge in [0.2, 0.25) is 0 Å². The first-order valence-corrected chi connectivity index (χ1v) is 12.8. The van der Waals surface area contributed by atoms with Crippen LogP contribution in [0.2, 0.25) is 0 Å². The summed E-state index contributed by atoms with van der Waals surface area (Å²) < 4.78 is 10.3. The number of benzene rings is 2. The number of ether oxygens (including phenoxy) is 2. The second kappa shape index (κ2) is 12.0. The van der Waals surface area contributed by atoms with Gasteiger partial charge in [-0.2, -0.15) is 0 Å². The summed E-state index contributed by atoms with van der Waals surface area (Å²) in [6.45, 7) is 1.70. The van der Waals surface area contributed by atoms with Crippen LogP contribution in [0.4, 0.5) is 11.4 Å². The van der Waals surface area contributed by atoms with Crippen molar-refractivity contribution in [2.45, 2.75) is 56.2 Å². The molecule has 216 valence electrons. The number of aliphatic hydroxyl groups is 6. The number of carbonyl (C=O) groups is 2. The second-order valence-electron chi connectivity index (χ2n) is 9.88. The predicted molar refractivity (Wildman–Crippen MR) is 142 cm³/mol. The molecule has 2 amide bonds. The quantitative estimate of drug-likeness (QED) is 0.202. The van der Waals surface area contributed by atoms with Crippen molar-refractivity contribution >= 4 is 23.2 Å². The number of hydrogen-bond donors (Lipinski definition) is 7. The van der Waals surface area contributed by atoms with Gasteiger partial charge in [0, 0.05) is 23.8 Å². The molecule has 12 nitrogen and oxygen atoms in total. The normalized spacial score (nSPS) is 28.9. The number of carbonyl (C=O) groups excluding carboxylic acids is 2. The van der Waals surface area contributed by atoms with E-state index in [2.05, 4.69) is 5.32 Å². The van der Waals surface area contributed by atoms with E-state index in [9.17, 15) is 35.1 Å². The molecule has 2 heterocycles. The average molecular weight is 559 g/mol. The highest BCUT2D eigenvalue weighted by molar-refractivity contribution is 6.07. The van der Waals surface area contributed by atoms with Crippen LogP contribution in [-0.2, 0) is 26.5 Å². The van der Waals surface area contributed by atoms with Gasteiger partial charge in [0.15, 0.2) is 18.0 Å². The maximum absolute atomic E-state index is 13.7. The van der Waals surface area contributed by atoms with Crippen LogP contribution in [0.3, 0.4) is 0 Å². The van der Waals surface area contributed by atoms with Crippen molar-refractivity contribution in [3.05, 3.63) is 65.7 Å². The number of nitrogens with zero attached hydrogens (tertiary/aromatic N) is 1. The highest BCUT2D eigenvalue weighted by atomic mass is 16.6. The molecule has 40 heavy (non-hydrogen) atoms. The molecule has 12 heteroatoms. The maximum atomic E-state index is 13.7. The Kier molecular flexibility index (Phi) is 8.90. The van der Waals surface area contributed by atoms with E-state index in [1.165, 1.54) is 12.0 Å². The topological polar surface area (TPSA) is 189 Å². The summed E-state index contributed by atoms with van der Waals surface area (Å²) in [7, 11) is 1.49. The minimum Gasteiger partial charge on any atom is -0.497 e. The summed E-state index contributed by atoms with van der Waals surface area (Å²) in [6, 6.07) is 11.5. The molecule has 0 bridgehead atoms. The van der Waals surface area contributed by atoms with Gasteiger partial charge < -0.3 is 50.3 Å². The number of aliphatic hydroxyl groups excluding tert-OH is 5. The van der Waals surface area contributed by atoms with E-state index in [0.717, 1.165) is 0 Å². The number of anilines is 2. The van der Waals surface area contributed by atoms with Crippen molar-refractivity contribution in [1.82, 2.24) is 0 Å². The number of amides is 2. The van der Waals surface area contributed by atoms with E-state index < -0.39 is 54.0 Å². The lowest BCUT2D eigenvalue weighted by atomic mass is 9.83. The van der Waals surface area contributed by atoms with Gasteiger partial charge in [0.1, 0.15) is 24.1 Å². The SMILES string of the molecule is COc1ccc2c(c1)[C@@](O)([C@H](C)/C=C/CCO)C(=O)N2Cc1cccc(NC(=O)[C@H]2O[C@@H](O)[C@H](O)[C@@H](O)[C@@H]2O)c1. The molecule has 0 unspecified atom stereocenters. The maximum Gasteiger partial charge on any atom is 0.264 e. The van der Waals surface area contributed by atoms with Crippen molar-refractivity contribution in [3.8, 4) is 5.75 Å². The molecule has 0 saturated carbocycles. The Bertz CT molecular complexity index is 1270. The highest BCUT2D eigenvalue weighted by Gasteiger charge is 2.52. The minimum atomic E-state index is -1.89. The van der Waals surface area contributed by atoms with Crippen molar-refractivity contribution in [1.29, 1.82) is 0 Å². The van der Waals surface area contributed by atoms with Gasteiger partial charge in [-0.05, 0) is 42.3 Å². The number of fused-ring (bicyclic) bond motifs is 1. The van der Waals surface area contributed by atoms with Gasteiger partial charge in [-0.15, -0.1) is 0 Å². The standard InChI is InChI=1S/C28H34N2O10/c1-15(6-3-4-11-31)28(38)19-13-18(39-2)9-10-20(19)30(27(28)37)14-16-7-5-8-17(12-16)29-25(35)24-22(33)21(32)23(34)26(36)40-24/h3,5-10,12-13,15,21-24,26,31-34,36,38H,4,11,14H2,1-2H3,(H,29,35)/b6-3+/t15-,21+,22+,23-,24+,26-,28+/m1/s1. The Balaban J connectivity index is 1.57. The Hall–Kier alpha value is -3.36. The molecule has 2 aliphatic heterocycles. The third kappa shape index (κ3) is 5.47. The van der Waals surface area contributed by atoms with E-state index in [-0.39, 0.29) is 18.8 Å². The minimum absolute atomic E-state index is 0.0451. The van der Waals surface area contributed by atoms with Crippen LogP contribution in [0.1, 0.15) is 24.5 Å². The molecule has 2 aliphatic rings. The summed E-state index contributed by atoms with van der Waals surface area (Å²) >= 11 is 0. The molecule has 4 rings (SSSR count). The molecular weight excluding hydrogens is 524 g/mol. The first kappa shape index (κ1) is 29.6. The largest absolute Gasteiger partial charge is 0.497 e. The third-order valence-corrected chi connectivity index (χ3v) is 7.24. The van der Waals surface area contributed by atoms with Crippen molar-refractivity contribution in [2.24, 2.45) is 5.92 Å². The smallest absolute Gasteiger partial charge is 0.264 e. The molecule has 7 N–H and O–H groups in total. The van der Waals surface area contributed by atoms with Crippen LogP contribution in [-0.4, -0.2) is 86.9 Å².